The number of benzene rings is 2. The van der Waals surface area contributed by atoms with Crippen LogP contribution in [0.2, 0.25) is 0 Å². The van der Waals surface area contributed by atoms with Gasteiger partial charge in [-0.1, -0.05) is 18.2 Å². The molecule has 174 valence electrons. The van der Waals surface area contributed by atoms with E-state index in [0.29, 0.717) is 45.6 Å². The summed E-state index contributed by atoms with van der Waals surface area (Å²) in [7, 11) is 3.32. The normalized spacial score (nSPS) is 11.4. The van der Waals surface area contributed by atoms with Gasteiger partial charge >= 0.3 is 0 Å². The lowest BCUT2D eigenvalue weighted by molar-refractivity contribution is -0.104. The minimum atomic E-state index is -0.358. The Labute approximate surface area is 199 Å². The molecule has 0 spiro atoms. The number of aryl methyl sites for hydroxylation is 1. The standard InChI is InChI=1S/C26H21N5O4/c1-31-20-8-4-3-7-18(20)29-25(31)26(33)30-19-10-9-15(12-21(19)34-2)17-14-35-23-16(6-5-11-32)13-28-24(27)22(17)23/h3-14H,1-2H3,(H2,27,28)(H,30,33). The summed E-state index contributed by atoms with van der Waals surface area (Å²) in [4.78, 5) is 32.4. The molecule has 0 radical (unpaired) electrons. The SMILES string of the molecule is COc1cc(-c2coc3c(C=CC=O)cnc(N)c23)ccc1NC(=O)c1nc2ccccc2n1C. The third-order valence-corrected chi connectivity index (χ3v) is 5.76. The van der Waals surface area contributed by atoms with Crippen LogP contribution in [0.15, 0.2) is 65.4 Å². The van der Waals surface area contributed by atoms with Crippen LogP contribution >= 0.6 is 0 Å². The van der Waals surface area contributed by atoms with E-state index in [2.05, 4.69) is 15.3 Å². The van der Waals surface area contributed by atoms with Gasteiger partial charge in [0.05, 0.1) is 35.5 Å². The summed E-state index contributed by atoms with van der Waals surface area (Å²) in [5.41, 5.74) is 10.8. The zero-order chi connectivity index (χ0) is 24.5. The molecular formula is C26H21N5O4. The number of furan rings is 1. The van der Waals surface area contributed by atoms with Crippen LogP contribution in [0.3, 0.4) is 0 Å². The van der Waals surface area contributed by atoms with E-state index in [4.69, 9.17) is 14.9 Å². The minimum Gasteiger partial charge on any atom is -0.495 e. The lowest BCUT2D eigenvalue weighted by Gasteiger charge is -2.12. The number of methoxy groups -OCH3 is 1. The maximum Gasteiger partial charge on any atom is 0.291 e. The first-order chi connectivity index (χ1) is 17.0. The fourth-order valence-electron chi connectivity index (χ4n) is 4.05. The minimum absolute atomic E-state index is 0.285. The predicted octanol–water partition coefficient (Wildman–Crippen LogP) is 4.44. The van der Waals surface area contributed by atoms with Crippen molar-refractivity contribution in [2.24, 2.45) is 7.05 Å². The van der Waals surface area contributed by atoms with Gasteiger partial charge in [0.25, 0.3) is 5.91 Å². The first-order valence-electron chi connectivity index (χ1n) is 10.7. The van der Waals surface area contributed by atoms with Gasteiger partial charge in [0, 0.05) is 24.4 Å². The fraction of sp³-hybridized carbons (Fsp3) is 0.0769. The number of aromatic nitrogens is 3. The molecule has 3 N–H and O–H groups in total. The first-order valence-corrected chi connectivity index (χ1v) is 10.7. The van der Waals surface area contributed by atoms with Crippen LogP contribution in [0.4, 0.5) is 11.5 Å². The number of carbonyl (C=O) groups is 2. The van der Waals surface area contributed by atoms with Crippen molar-refractivity contribution in [1.82, 2.24) is 14.5 Å². The summed E-state index contributed by atoms with van der Waals surface area (Å²) in [6.45, 7) is 0. The lowest BCUT2D eigenvalue weighted by atomic mass is 10.0. The number of aldehydes is 1. The van der Waals surface area contributed by atoms with Crippen LogP contribution in [0.25, 0.3) is 39.2 Å². The fourth-order valence-corrected chi connectivity index (χ4v) is 4.05. The van der Waals surface area contributed by atoms with E-state index >= 15 is 0 Å². The van der Waals surface area contributed by atoms with Crippen LogP contribution < -0.4 is 15.8 Å². The molecule has 5 aromatic rings. The third kappa shape index (κ3) is 3.78. The van der Waals surface area contributed by atoms with Gasteiger partial charge in [-0.15, -0.1) is 0 Å². The van der Waals surface area contributed by atoms with Crippen LogP contribution in [0.5, 0.6) is 5.75 Å². The highest BCUT2D eigenvalue weighted by atomic mass is 16.5. The van der Waals surface area contributed by atoms with Crippen molar-refractivity contribution in [3.05, 3.63) is 72.4 Å². The average Bonchev–Trinajstić information content (AvgIpc) is 3.47. The molecule has 1 amide bonds. The van der Waals surface area contributed by atoms with Crippen molar-refractivity contribution in [3.63, 3.8) is 0 Å². The Morgan fingerprint density at radius 2 is 2.06 bits per heavy atom. The number of nitrogens with one attached hydrogen (secondary N) is 1. The second-order valence-electron chi connectivity index (χ2n) is 7.80. The molecule has 0 aliphatic heterocycles. The van der Waals surface area contributed by atoms with Gasteiger partial charge in [-0.05, 0) is 42.0 Å². The maximum absolute atomic E-state index is 13.0. The van der Waals surface area contributed by atoms with Crippen molar-refractivity contribution >= 4 is 51.8 Å². The number of nitrogen functional groups attached to an aromatic ring is 1. The second-order valence-corrected chi connectivity index (χ2v) is 7.80. The van der Waals surface area contributed by atoms with Crippen molar-refractivity contribution < 1.29 is 18.7 Å². The van der Waals surface area contributed by atoms with E-state index in [1.807, 2.05) is 30.3 Å². The number of ether oxygens (including phenoxy) is 1. The molecule has 2 aromatic carbocycles. The number of nitrogens with two attached hydrogens (primary N) is 1. The van der Waals surface area contributed by atoms with Crippen molar-refractivity contribution in [3.8, 4) is 16.9 Å². The highest BCUT2D eigenvalue weighted by Gasteiger charge is 2.19. The van der Waals surface area contributed by atoms with Gasteiger partial charge in [-0.2, -0.15) is 0 Å². The van der Waals surface area contributed by atoms with E-state index in [0.717, 1.165) is 16.6 Å². The van der Waals surface area contributed by atoms with Crippen LogP contribution in [-0.2, 0) is 11.8 Å². The topological polar surface area (TPSA) is 125 Å². The number of imidazole rings is 1. The summed E-state index contributed by atoms with van der Waals surface area (Å²) in [5, 5.41) is 3.50. The molecule has 35 heavy (non-hydrogen) atoms. The molecule has 0 fully saturated rings. The number of amides is 1. The Bertz CT molecular complexity index is 1630. The molecule has 0 aliphatic carbocycles. The van der Waals surface area contributed by atoms with Crippen molar-refractivity contribution in [2.45, 2.75) is 0 Å². The molecule has 0 saturated heterocycles. The second kappa shape index (κ2) is 8.79. The molecular weight excluding hydrogens is 446 g/mol. The number of anilines is 2. The smallest absolute Gasteiger partial charge is 0.291 e. The molecule has 0 saturated carbocycles. The largest absolute Gasteiger partial charge is 0.495 e. The number of hydrogen-bond acceptors (Lipinski definition) is 7. The highest BCUT2D eigenvalue weighted by molar-refractivity contribution is 6.06. The Kier molecular flexibility index (Phi) is 5.50. The van der Waals surface area contributed by atoms with Gasteiger partial charge in [0.1, 0.15) is 23.4 Å². The number of carbonyl (C=O) groups excluding carboxylic acids is 2. The van der Waals surface area contributed by atoms with Gasteiger partial charge in [-0.25, -0.2) is 9.97 Å². The molecule has 9 nitrogen and oxygen atoms in total. The Balaban J connectivity index is 1.51. The van der Waals surface area contributed by atoms with Crippen LogP contribution in [-0.4, -0.2) is 33.8 Å². The summed E-state index contributed by atoms with van der Waals surface area (Å²) < 4.78 is 13.1. The number of allylic oxidation sites excluding steroid dienone is 1. The molecule has 3 aromatic heterocycles. The van der Waals surface area contributed by atoms with E-state index in [9.17, 15) is 9.59 Å². The highest BCUT2D eigenvalue weighted by Crippen LogP contribution is 2.38. The molecule has 5 rings (SSSR count). The summed E-state index contributed by atoms with van der Waals surface area (Å²) in [6, 6.07) is 12.9. The van der Waals surface area contributed by atoms with Crippen LogP contribution in [0, 0.1) is 0 Å². The Hall–Kier alpha value is -4.92. The summed E-state index contributed by atoms with van der Waals surface area (Å²) in [6.07, 6.45) is 6.77. The predicted molar refractivity (Wildman–Crippen MR) is 134 cm³/mol. The number of fused-ring (bicyclic) bond motifs is 2. The van der Waals surface area contributed by atoms with Crippen molar-refractivity contribution in [2.75, 3.05) is 18.2 Å². The van der Waals surface area contributed by atoms with Crippen molar-refractivity contribution in [1.29, 1.82) is 0 Å². The molecule has 0 unspecified atom stereocenters. The zero-order valence-corrected chi connectivity index (χ0v) is 19.0. The monoisotopic (exact) mass is 467 g/mol. The molecule has 3 heterocycles. The van der Waals surface area contributed by atoms with Gasteiger partial charge in [-0.3, -0.25) is 9.59 Å². The molecule has 0 aliphatic rings. The maximum atomic E-state index is 13.0. The zero-order valence-electron chi connectivity index (χ0n) is 19.0. The molecule has 0 atom stereocenters. The quantitative estimate of drug-likeness (QED) is 0.279. The number of para-hydroxylation sites is 2. The summed E-state index contributed by atoms with van der Waals surface area (Å²) in [5.74, 6) is 0.675. The van der Waals surface area contributed by atoms with Crippen LogP contribution in [0.1, 0.15) is 16.2 Å². The Morgan fingerprint density at radius 3 is 2.83 bits per heavy atom. The number of nitrogens with zero attached hydrogens (tertiary/aromatic N) is 3. The molecule has 9 heteroatoms. The number of hydrogen-bond donors (Lipinski definition) is 2. The van der Waals surface area contributed by atoms with E-state index in [-0.39, 0.29) is 11.7 Å². The van der Waals surface area contributed by atoms with E-state index < -0.39 is 0 Å². The van der Waals surface area contributed by atoms with E-state index in [1.54, 1.807) is 42.3 Å². The van der Waals surface area contributed by atoms with Gasteiger partial charge in [0.15, 0.2) is 5.82 Å². The number of rotatable bonds is 6. The van der Waals surface area contributed by atoms with Gasteiger partial charge in [0.2, 0.25) is 0 Å². The number of pyridine rings is 1. The first kappa shape index (κ1) is 21.9. The summed E-state index contributed by atoms with van der Waals surface area (Å²) >= 11 is 0. The average molecular weight is 467 g/mol. The molecule has 0 bridgehead atoms. The Morgan fingerprint density at radius 1 is 1.23 bits per heavy atom. The third-order valence-electron chi connectivity index (χ3n) is 5.76. The lowest BCUT2D eigenvalue weighted by Crippen LogP contribution is -2.17. The van der Waals surface area contributed by atoms with Gasteiger partial charge < -0.3 is 24.8 Å². The van der Waals surface area contributed by atoms with E-state index in [1.165, 1.54) is 13.2 Å².